The Labute approximate surface area is 99.4 Å². The zero-order valence-corrected chi connectivity index (χ0v) is 10.4. The Morgan fingerprint density at radius 1 is 1.47 bits per heavy atom. The van der Waals surface area contributed by atoms with Crippen LogP contribution in [0.25, 0.3) is 0 Å². The average molecular weight is 243 g/mol. The molecule has 1 atom stereocenters. The van der Waals surface area contributed by atoms with Gasteiger partial charge in [-0.15, -0.1) is 11.3 Å². The van der Waals surface area contributed by atoms with Gasteiger partial charge in [0.1, 0.15) is 0 Å². The van der Waals surface area contributed by atoms with Gasteiger partial charge in [0.15, 0.2) is 5.00 Å². The first-order chi connectivity index (χ1) is 7.18. The molecular formula is C11H15ClN2S. The van der Waals surface area contributed by atoms with E-state index in [0.717, 1.165) is 4.88 Å². The Morgan fingerprint density at radius 3 is 2.80 bits per heavy atom. The van der Waals surface area contributed by atoms with Gasteiger partial charge in [0.05, 0.1) is 6.04 Å². The Kier molecular flexibility index (Phi) is 3.42. The maximum atomic E-state index is 6.33. The number of hydrogen-bond donors (Lipinski definition) is 0. The van der Waals surface area contributed by atoms with Gasteiger partial charge >= 0.3 is 0 Å². The first kappa shape index (κ1) is 11.1. The summed E-state index contributed by atoms with van der Waals surface area (Å²) in [5.74, 6) is 0. The molecule has 2 rings (SSSR count). The van der Waals surface area contributed by atoms with Crippen molar-refractivity contribution in [1.82, 2.24) is 0 Å². The van der Waals surface area contributed by atoms with Gasteiger partial charge in [-0.3, -0.25) is 0 Å². The van der Waals surface area contributed by atoms with Crippen LogP contribution in [0.5, 0.6) is 0 Å². The smallest absolute Gasteiger partial charge is 0.185 e. The fraction of sp³-hybridized carbons (Fsp3) is 0.636. The topological polar surface area (TPSA) is 24.7 Å². The van der Waals surface area contributed by atoms with Crippen LogP contribution in [0.4, 0.5) is 0 Å². The highest BCUT2D eigenvalue weighted by Crippen LogP contribution is 2.34. The second-order valence-electron chi connectivity index (χ2n) is 4.08. The van der Waals surface area contributed by atoms with Crippen molar-refractivity contribution < 1.29 is 0 Å². The van der Waals surface area contributed by atoms with Gasteiger partial charge in [-0.25, -0.2) is 0 Å². The molecule has 1 fully saturated rings. The molecule has 1 aliphatic carbocycles. The normalized spacial score (nSPS) is 22.3. The van der Waals surface area contributed by atoms with Crippen molar-refractivity contribution in [3.63, 3.8) is 0 Å². The van der Waals surface area contributed by atoms with E-state index in [1.807, 2.05) is 24.4 Å². The predicted molar refractivity (Wildman–Crippen MR) is 64.6 cm³/mol. The van der Waals surface area contributed by atoms with E-state index in [0.29, 0.717) is 6.04 Å². The molecule has 4 heteroatoms. The molecular weight excluding hydrogens is 228 g/mol. The third-order valence-corrected chi connectivity index (χ3v) is 4.18. The van der Waals surface area contributed by atoms with E-state index < -0.39 is 5.00 Å². The van der Waals surface area contributed by atoms with Crippen molar-refractivity contribution in [2.24, 2.45) is 10.2 Å². The van der Waals surface area contributed by atoms with Crippen LogP contribution in [0.3, 0.4) is 0 Å². The molecule has 0 aromatic carbocycles. The second kappa shape index (κ2) is 4.62. The summed E-state index contributed by atoms with van der Waals surface area (Å²) in [5, 5.41) is 10.6. The standard InChI is InChI=1S/C11H15ClN2S/c1-11(12,10-7-4-8-15-10)14-13-9-5-2-3-6-9/h4,7-9H,2-3,5-6H2,1H3. The average Bonchev–Trinajstić information content (AvgIpc) is 2.88. The lowest BCUT2D eigenvalue weighted by atomic mass is 10.3. The van der Waals surface area contributed by atoms with E-state index in [2.05, 4.69) is 10.2 Å². The van der Waals surface area contributed by atoms with E-state index in [1.165, 1.54) is 25.7 Å². The van der Waals surface area contributed by atoms with Gasteiger partial charge in [-0.2, -0.15) is 10.2 Å². The van der Waals surface area contributed by atoms with Crippen LogP contribution >= 0.6 is 22.9 Å². The quantitative estimate of drug-likeness (QED) is 0.422. The lowest BCUT2D eigenvalue weighted by Crippen LogP contribution is -2.08. The maximum absolute atomic E-state index is 6.33. The highest BCUT2D eigenvalue weighted by Gasteiger charge is 2.25. The monoisotopic (exact) mass is 242 g/mol. The number of halogens is 1. The molecule has 1 aliphatic rings. The molecule has 0 bridgehead atoms. The minimum Gasteiger partial charge on any atom is -0.189 e. The van der Waals surface area contributed by atoms with Gasteiger partial charge in [0, 0.05) is 4.88 Å². The summed E-state index contributed by atoms with van der Waals surface area (Å²) in [6.07, 6.45) is 4.89. The number of hydrogen-bond acceptors (Lipinski definition) is 3. The highest BCUT2D eigenvalue weighted by atomic mass is 35.5. The molecule has 82 valence electrons. The molecule has 0 amide bonds. The first-order valence-electron chi connectivity index (χ1n) is 5.33. The summed E-state index contributed by atoms with van der Waals surface area (Å²) in [7, 11) is 0. The van der Waals surface area contributed by atoms with Crippen LogP contribution in [0.15, 0.2) is 27.7 Å². The van der Waals surface area contributed by atoms with Crippen molar-refractivity contribution in [1.29, 1.82) is 0 Å². The Hall–Kier alpha value is -0.410. The minimum atomic E-state index is -0.670. The minimum absolute atomic E-state index is 0.406. The van der Waals surface area contributed by atoms with Crippen LogP contribution in [0.2, 0.25) is 0 Å². The zero-order valence-electron chi connectivity index (χ0n) is 8.82. The molecule has 1 heterocycles. The van der Waals surface area contributed by atoms with E-state index in [4.69, 9.17) is 11.6 Å². The van der Waals surface area contributed by atoms with Crippen LogP contribution in [0.1, 0.15) is 37.5 Å². The molecule has 1 aromatic rings. The summed E-state index contributed by atoms with van der Waals surface area (Å²) < 4.78 is 0. The van der Waals surface area contributed by atoms with Crippen molar-refractivity contribution >= 4 is 22.9 Å². The Morgan fingerprint density at radius 2 is 2.20 bits per heavy atom. The van der Waals surface area contributed by atoms with E-state index in [-0.39, 0.29) is 0 Å². The van der Waals surface area contributed by atoms with Crippen LogP contribution < -0.4 is 0 Å². The third-order valence-electron chi connectivity index (χ3n) is 2.70. The van der Waals surface area contributed by atoms with Gasteiger partial charge in [-0.1, -0.05) is 30.5 Å². The molecule has 1 saturated carbocycles. The van der Waals surface area contributed by atoms with Gasteiger partial charge < -0.3 is 0 Å². The van der Waals surface area contributed by atoms with Gasteiger partial charge in [-0.05, 0) is 31.2 Å². The lowest BCUT2D eigenvalue weighted by Gasteiger charge is -2.14. The molecule has 0 N–H and O–H groups in total. The van der Waals surface area contributed by atoms with Gasteiger partial charge in [0.25, 0.3) is 0 Å². The fourth-order valence-corrected chi connectivity index (χ4v) is 2.75. The molecule has 0 saturated heterocycles. The highest BCUT2D eigenvalue weighted by molar-refractivity contribution is 7.10. The number of nitrogens with zero attached hydrogens (tertiary/aromatic N) is 2. The van der Waals surface area contributed by atoms with Gasteiger partial charge in [0.2, 0.25) is 0 Å². The number of alkyl halides is 1. The number of thiophene rings is 1. The van der Waals surface area contributed by atoms with Crippen molar-refractivity contribution in [3.8, 4) is 0 Å². The Bertz CT molecular complexity index is 326. The SMILES string of the molecule is CC(Cl)(N=NC1CCCC1)c1cccs1. The summed E-state index contributed by atoms with van der Waals surface area (Å²) in [6, 6.07) is 4.40. The summed E-state index contributed by atoms with van der Waals surface area (Å²) in [5.41, 5.74) is 0. The summed E-state index contributed by atoms with van der Waals surface area (Å²) in [6.45, 7) is 1.90. The molecule has 0 aliphatic heterocycles. The van der Waals surface area contributed by atoms with E-state index in [1.54, 1.807) is 11.3 Å². The lowest BCUT2D eigenvalue weighted by molar-refractivity contribution is 0.587. The molecule has 1 unspecified atom stereocenters. The molecule has 2 nitrogen and oxygen atoms in total. The molecule has 0 spiro atoms. The maximum Gasteiger partial charge on any atom is 0.185 e. The number of azo groups is 1. The largest absolute Gasteiger partial charge is 0.189 e. The van der Waals surface area contributed by atoms with E-state index in [9.17, 15) is 0 Å². The zero-order chi connectivity index (χ0) is 10.7. The summed E-state index contributed by atoms with van der Waals surface area (Å²) >= 11 is 7.96. The third kappa shape index (κ3) is 2.79. The first-order valence-corrected chi connectivity index (χ1v) is 6.59. The van der Waals surface area contributed by atoms with Crippen LogP contribution in [-0.4, -0.2) is 6.04 Å². The van der Waals surface area contributed by atoms with Crippen LogP contribution in [-0.2, 0) is 5.00 Å². The van der Waals surface area contributed by atoms with Crippen molar-refractivity contribution in [3.05, 3.63) is 22.4 Å². The van der Waals surface area contributed by atoms with Crippen molar-refractivity contribution in [2.75, 3.05) is 0 Å². The predicted octanol–water partition coefficient (Wildman–Crippen LogP) is 4.55. The van der Waals surface area contributed by atoms with Crippen LogP contribution in [0, 0.1) is 0 Å². The summed E-state index contributed by atoms with van der Waals surface area (Å²) in [4.78, 5) is 0.391. The van der Waals surface area contributed by atoms with Crippen molar-refractivity contribution in [2.45, 2.75) is 43.6 Å². The molecule has 15 heavy (non-hydrogen) atoms. The van der Waals surface area contributed by atoms with E-state index >= 15 is 0 Å². The fourth-order valence-electron chi connectivity index (χ4n) is 1.80. The second-order valence-corrected chi connectivity index (χ2v) is 5.77. The Balaban J connectivity index is 2.03. The molecule has 0 radical (unpaired) electrons. The molecule has 1 aromatic heterocycles. The number of rotatable bonds is 3.